The molecule has 6 fully saturated rings. The molecule has 0 amide bonds. The van der Waals surface area contributed by atoms with Gasteiger partial charge in [0.25, 0.3) is 0 Å². The van der Waals surface area contributed by atoms with E-state index >= 15 is 0 Å². The number of aliphatic hydroxyl groups excluding tert-OH is 4. The van der Waals surface area contributed by atoms with Crippen molar-refractivity contribution in [3.63, 3.8) is 0 Å². The van der Waals surface area contributed by atoms with E-state index in [2.05, 4.69) is 31.1 Å². The third-order valence-electron chi connectivity index (χ3n) is 13.2. The Balaban J connectivity index is 0.808. The number of ether oxygens (including phenoxy) is 7. The van der Waals surface area contributed by atoms with Crippen LogP contribution in [0.5, 0.6) is 0 Å². The average molecular weight is 704 g/mol. The van der Waals surface area contributed by atoms with Gasteiger partial charge in [0.1, 0.15) is 61.2 Å². The molecule has 5 aliphatic heterocycles. The van der Waals surface area contributed by atoms with Crippen LogP contribution in [0, 0.1) is 17.3 Å². The maximum atomic E-state index is 13.5. The monoisotopic (exact) mass is 703 g/mol. The Morgan fingerprint density at radius 3 is 2.72 bits per heavy atom. The third-order valence-corrected chi connectivity index (χ3v) is 13.2. The molecule has 6 heterocycles. The van der Waals surface area contributed by atoms with Gasteiger partial charge in [0.2, 0.25) is 0 Å². The Morgan fingerprint density at radius 1 is 1.10 bits per heavy atom. The zero-order valence-electron chi connectivity index (χ0n) is 28.3. The number of nitrogens with zero attached hydrogens (tertiary/aromatic N) is 3. The lowest BCUT2D eigenvalue weighted by molar-refractivity contribution is -0.290. The largest absolute Gasteiger partial charge is 0.458 e. The number of fused-ring (bicyclic) bond motifs is 4. The van der Waals surface area contributed by atoms with E-state index in [1.165, 1.54) is 4.68 Å². The van der Waals surface area contributed by atoms with Crippen LogP contribution < -0.4 is 0 Å². The van der Waals surface area contributed by atoms with Crippen LogP contribution in [0.1, 0.15) is 65.0 Å². The highest BCUT2D eigenvalue weighted by Gasteiger charge is 3.01. The molecule has 9 rings (SSSR count). The van der Waals surface area contributed by atoms with Gasteiger partial charge in [-0.3, -0.25) is 4.79 Å². The number of aliphatic hydroxyl groups is 4. The zero-order chi connectivity index (χ0) is 35.0. The van der Waals surface area contributed by atoms with Gasteiger partial charge >= 0.3 is 11.9 Å². The average Bonchev–Trinajstić information content (AvgIpc) is 4.03. The lowest BCUT2D eigenvalue weighted by Crippen LogP contribution is -2.70. The number of cyclic esters (lactones) is 1. The van der Waals surface area contributed by atoms with Crippen LogP contribution in [0.2, 0.25) is 0 Å². The topological polar surface area (TPSA) is 220 Å². The first kappa shape index (κ1) is 33.3. The van der Waals surface area contributed by atoms with Gasteiger partial charge < -0.3 is 53.6 Å². The highest BCUT2D eigenvalue weighted by Crippen LogP contribution is 2.83. The fourth-order valence-electron chi connectivity index (χ4n) is 10.5. The summed E-state index contributed by atoms with van der Waals surface area (Å²) >= 11 is 0. The molecule has 8 aliphatic rings. The standard InChI is InChI=1S/C34H45N3O13/c1-15(2)32-26(49-32)27-34(50-27)31(3)9-8-17-18(12-45-28(17)42)19(31)10-21-33(34,48-21)30(32)47-22(38)7-5-4-6-16-11-37(36-35-16)14-44-13-20-23(39)24(40)25(41)29(43)46-20/h11,15,19-21,23-27,29-30,39-41,43H,4-10,12-14H2,1-3H3/t19?,20-,21+,23-,24+,25-,26+,27+,29?,30-,31+,32+,33-,34-/m1/s1. The summed E-state index contributed by atoms with van der Waals surface area (Å²) in [6.07, 6.45) is -2.41. The van der Waals surface area contributed by atoms with E-state index in [0.29, 0.717) is 38.0 Å². The van der Waals surface area contributed by atoms with Gasteiger partial charge in [0, 0.05) is 17.4 Å². The van der Waals surface area contributed by atoms with Gasteiger partial charge in [-0.1, -0.05) is 26.0 Å². The van der Waals surface area contributed by atoms with Crippen molar-refractivity contribution in [2.75, 3.05) is 13.2 Å². The molecule has 1 aromatic rings. The summed E-state index contributed by atoms with van der Waals surface area (Å²) in [5, 5.41) is 47.4. The quantitative estimate of drug-likeness (QED) is 0.129. The summed E-state index contributed by atoms with van der Waals surface area (Å²) in [4.78, 5) is 26.0. The number of carbonyl (C=O) groups excluding carboxylic acids is 2. The number of rotatable bonds is 11. The first-order valence-electron chi connectivity index (χ1n) is 17.9. The second kappa shape index (κ2) is 11.2. The fraction of sp³-hybridized carbons (Fsp3) is 0.824. The Morgan fingerprint density at radius 2 is 1.92 bits per heavy atom. The van der Waals surface area contributed by atoms with E-state index in [-0.39, 0.29) is 67.3 Å². The molecule has 0 radical (unpaired) electrons. The number of unbranched alkanes of at least 4 members (excludes halogenated alkanes) is 1. The van der Waals surface area contributed by atoms with Crippen LogP contribution in [0.25, 0.3) is 0 Å². The van der Waals surface area contributed by atoms with Crippen LogP contribution >= 0.6 is 0 Å². The minimum Gasteiger partial charge on any atom is -0.458 e. The van der Waals surface area contributed by atoms with E-state index in [9.17, 15) is 30.0 Å². The third kappa shape index (κ3) is 4.37. The number of aryl methyl sites for hydroxylation is 1. The van der Waals surface area contributed by atoms with E-state index in [0.717, 1.165) is 24.0 Å². The molecule has 50 heavy (non-hydrogen) atoms. The number of carbonyl (C=O) groups is 2. The highest BCUT2D eigenvalue weighted by atomic mass is 16.8. The Hall–Kier alpha value is -2.54. The van der Waals surface area contributed by atoms with Crippen LogP contribution in [0.4, 0.5) is 0 Å². The molecule has 2 saturated carbocycles. The maximum Gasteiger partial charge on any atom is 0.334 e. The van der Waals surface area contributed by atoms with E-state index in [1.807, 2.05) is 0 Å². The summed E-state index contributed by atoms with van der Waals surface area (Å²) < 4.78 is 44.0. The lowest BCUT2D eigenvalue weighted by atomic mass is 9.46. The summed E-state index contributed by atoms with van der Waals surface area (Å²) in [7, 11) is 0. The molecule has 2 unspecified atom stereocenters. The van der Waals surface area contributed by atoms with Crippen molar-refractivity contribution >= 4 is 11.9 Å². The molecule has 16 heteroatoms. The molecule has 1 aromatic heterocycles. The molecule has 0 aromatic carbocycles. The molecular formula is C34H45N3O13. The molecule has 4 saturated heterocycles. The first-order valence-corrected chi connectivity index (χ1v) is 17.9. The van der Waals surface area contributed by atoms with Crippen molar-refractivity contribution in [3.8, 4) is 0 Å². The van der Waals surface area contributed by atoms with Crippen molar-refractivity contribution in [2.24, 2.45) is 17.3 Å². The summed E-state index contributed by atoms with van der Waals surface area (Å²) in [6, 6.07) is 0. The second-order valence-corrected chi connectivity index (χ2v) is 15.9. The lowest BCUT2D eigenvalue weighted by Gasteiger charge is -2.53. The minimum absolute atomic E-state index is 0.00988. The van der Waals surface area contributed by atoms with E-state index < -0.39 is 53.6 Å². The van der Waals surface area contributed by atoms with Gasteiger partial charge in [-0.2, -0.15) is 0 Å². The molecule has 14 atom stereocenters. The molecule has 4 N–H and O–H groups in total. The summed E-state index contributed by atoms with van der Waals surface area (Å²) in [6.45, 7) is 6.63. The molecular weight excluding hydrogens is 658 g/mol. The predicted octanol–water partition coefficient (Wildman–Crippen LogP) is -0.567. The van der Waals surface area contributed by atoms with Crippen molar-refractivity contribution < 1.29 is 63.2 Å². The van der Waals surface area contributed by atoms with Crippen molar-refractivity contribution in [1.29, 1.82) is 0 Å². The Labute approximate surface area is 287 Å². The van der Waals surface area contributed by atoms with Crippen molar-refractivity contribution in [3.05, 3.63) is 23.0 Å². The van der Waals surface area contributed by atoms with Crippen molar-refractivity contribution in [2.45, 2.75) is 144 Å². The van der Waals surface area contributed by atoms with Crippen LogP contribution in [-0.4, -0.2) is 132 Å². The van der Waals surface area contributed by atoms with Gasteiger partial charge in [0.15, 0.2) is 18.0 Å². The first-order chi connectivity index (χ1) is 23.9. The fourth-order valence-corrected chi connectivity index (χ4v) is 10.5. The number of hydrogen-bond acceptors (Lipinski definition) is 15. The van der Waals surface area contributed by atoms with Crippen molar-refractivity contribution in [1.82, 2.24) is 15.0 Å². The molecule has 16 nitrogen and oxygen atoms in total. The second-order valence-electron chi connectivity index (χ2n) is 15.9. The molecule has 2 spiro atoms. The Kier molecular flexibility index (Phi) is 7.48. The van der Waals surface area contributed by atoms with Gasteiger partial charge in [-0.15, -0.1) is 5.10 Å². The van der Waals surface area contributed by atoms with Crippen LogP contribution in [0.15, 0.2) is 17.3 Å². The number of epoxide rings is 3. The maximum absolute atomic E-state index is 13.5. The Bertz CT molecular complexity index is 1620. The van der Waals surface area contributed by atoms with E-state index in [1.54, 1.807) is 6.20 Å². The summed E-state index contributed by atoms with van der Waals surface area (Å²) in [5.74, 6) is -0.318. The van der Waals surface area contributed by atoms with Gasteiger partial charge in [0.05, 0.1) is 24.6 Å². The number of hydrogen-bond donors (Lipinski definition) is 4. The molecule has 274 valence electrons. The smallest absolute Gasteiger partial charge is 0.334 e. The van der Waals surface area contributed by atoms with E-state index in [4.69, 9.17) is 33.2 Å². The van der Waals surface area contributed by atoms with Gasteiger partial charge in [-0.05, 0) is 55.9 Å². The SMILES string of the molecule is CC(C)[C@]12O[C@H]1[C@@H]1O[C@]13[C@]1(O[C@H]1CC1C4=C(CC[C@@]13C)C(=O)OC4)[C@@H]2OC(=O)CCCCc1cn(COC[C@H]2OC(O)[C@H](O)[C@@H](O)[C@@H]2O)nn1. The molecule has 0 bridgehead atoms. The zero-order valence-corrected chi connectivity index (χ0v) is 28.3. The minimum atomic E-state index is -1.63. The van der Waals surface area contributed by atoms with Gasteiger partial charge in [-0.25, -0.2) is 9.48 Å². The van der Waals surface area contributed by atoms with Crippen LogP contribution in [-0.2, 0) is 55.9 Å². The number of aromatic nitrogens is 3. The normalized spacial score (nSPS) is 47.7. The highest BCUT2D eigenvalue weighted by molar-refractivity contribution is 5.92. The van der Waals surface area contributed by atoms with Crippen LogP contribution in [0.3, 0.4) is 0 Å². The number of esters is 2. The molecule has 3 aliphatic carbocycles. The summed E-state index contributed by atoms with van der Waals surface area (Å²) in [5.41, 5.74) is 0.227. The predicted molar refractivity (Wildman–Crippen MR) is 163 cm³/mol.